The van der Waals surface area contributed by atoms with E-state index >= 15 is 0 Å². The van der Waals surface area contributed by atoms with Crippen LogP contribution in [0.15, 0.2) is 87.8 Å². The summed E-state index contributed by atoms with van der Waals surface area (Å²) in [5, 5.41) is 6.99. The molecule has 0 aliphatic rings. The molecule has 0 saturated carbocycles. The van der Waals surface area contributed by atoms with E-state index in [0.29, 0.717) is 0 Å². The van der Waals surface area contributed by atoms with Crippen molar-refractivity contribution in [1.82, 2.24) is 0 Å². The lowest BCUT2D eigenvalue weighted by molar-refractivity contribution is -0.659. The Balaban J connectivity index is 1.62. The molecule has 0 radical (unpaired) electrons. The summed E-state index contributed by atoms with van der Waals surface area (Å²) in [4.78, 5) is 0. The van der Waals surface area contributed by atoms with Crippen molar-refractivity contribution in [3.05, 3.63) is 90.1 Å². The van der Waals surface area contributed by atoms with Gasteiger partial charge in [-0.2, -0.15) is 0 Å². The topological polar surface area (TPSA) is 30.2 Å². The van der Waals surface area contributed by atoms with Crippen LogP contribution in [-0.2, 0) is 7.05 Å². The summed E-state index contributed by atoms with van der Waals surface area (Å²) in [6, 6.07) is 25.6. The van der Waals surface area contributed by atoms with Crippen LogP contribution < -0.4 is 4.57 Å². The maximum Gasteiger partial charge on any atom is 0.217 e. The van der Waals surface area contributed by atoms with Gasteiger partial charge in [0.1, 0.15) is 29.4 Å². The fourth-order valence-corrected chi connectivity index (χ4v) is 5.26. The second-order valence-electron chi connectivity index (χ2n) is 9.05. The third-order valence-corrected chi connectivity index (χ3v) is 6.87. The summed E-state index contributed by atoms with van der Waals surface area (Å²) in [5.41, 5.74) is 8.36. The number of furan rings is 2. The zero-order valence-electron chi connectivity index (χ0n) is 18.8. The number of hydrogen-bond donors (Lipinski definition) is 0. The minimum atomic E-state index is 0.914. The Labute approximate surface area is 190 Å². The standard InChI is InChI=1S/C30H22NO2/c1-17-8-11-20-21-12-9-18(2)28(30(21)33-27(20)14-17)24-15-23-19(16-31(24)3)10-13-26-29(23)22-6-4-5-7-25(22)32-26/h4-16H,1-3H3/q+1. The van der Waals surface area contributed by atoms with Gasteiger partial charge in [-0.15, -0.1) is 0 Å². The summed E-state index contributed by atoms with van der Waals surface area (Å²) in [7, 11) is 2.11. The molecule has 0 N–H and O–H groups in total. The van der Waals surface area contributed by atoms with E-state index < -0.39 is 0 Å². The van der Waals surface area contributed by atoms with Crippen molar-refractivity contribution in [3.8, 4) is 11.3 Å². The smallest absolute Gasteiger partial charge is 0.217 e. The van der Waals surface area contributed by atoms with Gasteiger partial charge in [-0.05, 0) is 49.2 Å². The maximum atomic E-state index is 6.48. The average molecular weight is 429 g/mol. The van der Waals surface area contributed by atoms with Gasteiger partial charge in [0.05, 0.1) is 5.56 Å². The van der Waals surface area contributed by atoms with E-state index in [1.165, 1.54) is 21.9 Å². The molecule has 3 heteroatoms. The quantitative estimate of drug-likeness (QED) is 0.250. The molecule has 3 heterocycles. The Morgan fingerprint density at radius 3 is 2.42 bits per heavy atom. The van der Waals surface area contributed by atoms with E-state index in [1.54, 1.807) is 0 Å². The van der Waals surface area contributed by atoms with Crippen molar-refractivity contribution < 1.29 is 13.4 Å². The highest BCUT2D eigenvalue weighted by Gasteiger charge is 2.22. The first-order valence-electron chi connectivity index (χ1n) is 11.2. The number of benzene rings is 4. The second-order valence-corrected chi connectivity index (χ2v) is 9.05. The van der Waals surface area contributed by atoms with Gasteiger partial charge >= 0.3 is 0 Å². The Morgan fingerprint density at radius 1 is 0.667 bits per heavy atom. The third kappa shape index (κ3) is 2.53. The number of hydrogen-bond acceptors (Lipinski definition) is 2. The molecule has 0 amide bonds. The zero-order valence-corrected chi connectivity index (χ0v) is 18.8. The monoisotopic (exact) mass is 428 g/mol. The Morgan fingerprint density at radius 2 is 1.52 bits per heavy atom. The van der Waals surface area contributed by atoms with E-state index in [9.17, 15) is 0 Å². The zero-order chi connectivity index (χ0) is 22.3. The summed E-state index contributed by atoms with van der Waals surface area (Å²) in [5.74, 6) is 0. The highest BCUT2D eigenvalue weighted by atomic mass is 16.3. The molecule has 158 valence electrons. The molecular formula is C30H22NO2+. The molecule has 7 rings (SSSR count). The molecule has 0 aliphatic carbocycles. The van der Waals surface area contributed by atoms with Gasteiger partial charge in [-0.25, -0.2) is 4.57 Å². The fourth-order valence-electron chi connectivity index (χ4n) is 5.26. The predicted molar refractivity (Wildman–Crippen MR) is 135 cm³/mol. The molecule has 0 atom stereocenters. The number of aromatic nitrogens is 1. The van der Waals surface area contributed by atoms with Crippen LogP contribution in [0.1, 0.15) is 11.1 Å². The SMILES string of the molecule is Cc1ccc2c(c1)oc1c(-c3cc4c(ccc5oc6ccccc6c54)c[n+]3C)c(C)ccc12. The minimum absolute atomic E-state index is 0.914. The Kier molecular flexibility index (Phi) is 3.61. The lowest BCUT2D eigenvalue weighted by atomic mass is 9.98. The fraction of sp³-hybridized carbons (Fsp3) is 0.100. The number of aryl methyl sites for hydroxylation is 3. The van der Waals surface area contributed by atoms with Gasteiger partial charge in [0.2, 0.25) is 5.69 Å². The number of rotatable bonds is 1. The van der Waals surface area contributed by atoms with Crippen molar-refractivity contribution in [2.24, 2.45) is 7.05 Å². The summed E-state index contributed by atoms with van der Waals surface area (Å²) in [6.45, 7) is 4.26. The highest BCUT2D eigenvalue weighted by molar-refractivity contribution is 6.19. The predicted octanol–water partition coefficient (Wildman–Crippen LogP) is 7.75. The molecule has 0 aliphatic heterocycles. The molecular weight excluding hydrogens is 406 g/mol. The van der Waals surface area contributed by atoms with Crippen molar-refractivity contribution in [1.29, 1.82) is 0 Å². The van der Waals surface area contributed by atoms with Crippen LogP contribution in [0.5, 0.6) is 0 Å². The lowest BCUT2D eigenvalue weighted by Gasteiger charge is -2.08. The van der Waals surface area contributed by atoms with Gasteiger partial charge in [0.25, 0.3) is 0 Å². The Hall–Kier alpha value is -4.11. The summed E-state index contributed by atoms with van der Waals surface area (Å²) < 4.78 is 14.8. The number of para-hydroxylation sites is 1. The van der Waals surface area contributed by atoms with Crippen LogP contribution in [0.3, 0.4) is 0 Å². The number of fused-ring (bicyclic) bond motifs is 8. The van der Waals surface area contributed by atoms with E-state index in [1.807, 2.05) is 12.1 Å². The third-order valence-electron chi connectivity index (χ3n) is 6.87. The summed E-state index contributed by atoms with van der Waals surface area (Å²) in [6.07, 6.45) is 2.21. The largest absolute Gasteiger partial charge is 0.456 e. The maximum absolute atomic E-state index is 6.48. The second kappa shape index (κ2) is 6.46. The molecule has 0 bridgehead atoms. The molecule has 7 aromatic rings. The lowest BCUT2D eigenvalue weighted by Crippen LogP contribution is -2.30. The van der Waals surface area contributed by atoms with Gasteiger partial charge < -0.3 is 8.83 Å². The van der Waals surface area contributed by atoms with Crippen molar-refractivity contribution >= 4 is 54.6 Å². The van der Waals surface area contributed by atoms with Gasteiger partial charge in [0, 0.05) is 38.4 Å². The van der Waals surface area contributed by atoms with Crippen molar-refractivity contribution in [3.63, 3.8) is 0 Å². The van der Waals surface area contributed by atoms with E-state index in [-0.39, 0.29) is 0 Å². The van der Waals surface area contributed by atoms with Crippen LogP contribution in [0, 0.1) is 13.8 Å². The van der Waals surface area contributed by atoms with Crippen molar-refractivity contribution in [2.45, 2.75) is 13.8 Å². The van der Waals surface area contributed by atoms with Crippen LogP contribution in [0.4, 0.5) is 0 Å². The average Bonchev–Trinajstić information content (AvgIpc) is 3.36. The number of nitrogens with zero attached hydrogens (tertiary/aromatic N) is 1. The Bertz CT molecular complexity index is 1900. The van der Waals surface area contributed by atoms with Gasteiger partial charge in [-0.3, -0.25) is 0 Å². The number of pyridine rings is 1. The molecule has 0 saturated heterocycles. The van der Waals surface area contributed by atoms with Crippen LogP contribution >= 0.6 is 0 Å². The molecule has 3 nitrogen and oxygen atoms in total. The normalized spacial score (nSPS) is 12.1. The molecule has 0 unspecified atom stereocenters. The molecule has 0 fully saturated rings. The van der Waals surface area contributed by atoms with E-state index in [0.717, 1.165) is 55.1 Å². The van der Waals surface area contributed by atoms with E-state index in [4.69, 9.17) is 8.83 Å². The van der Waals surface area contributed by atoms with Crippen LogP contribution in [0.25, 0.3) is 65.9 Å². The molecule has 3 aromatic heterocycles. The van der Waals surface area contributed by atoms with Crippen molar-refractivity contribution in [2.75, 3.05) is 0 Å². The van der Waals surface area contributed by atoms with Gasteiger partial charge in [-0.1, -0.05) is 42.5 Å². The first-order chi connectivity index (χ1) is 16.1. The molecule has 33 heavy (non-hydrogen) atoms. The van der Waals surface area contributed by atoms with E-state index in [2.05, 4.69) is 92.3 Å². The summed E-state index contributed by atoms with van der Waals surface area (Å²) >= 11 is 0. The van der Waals surface area contributed by atoms with Crippen LogP contribution in [0.2, 0.25) is 0 Å². The van der Waals surface area contributed by atoms with Crippen LogP contribution in [-0.4, -0.2) is 0 Å². The molecule has 4 aromatic carbocycles. The minimum Gasteiger partial charge on any atom is -0.456 e. The molecule has 0 spiro atoms. The highest BCUT2D eigenvalue weighted by Crippen LogP contribution is 2.39. The first-order valence-corrected chi connectivity index (χ1v) is 11.2. The first kappa shape index (κ1) is 18.5. The van der Waals surface area contributed by atoms with Gasteiger partial charge in [0.15, 0.2) is 6.20 Å².